The number of carbonyl (C=O) groups is 9. The summed E-state index contributed by atoms with van der Waals surface area (Å²) in [6.07, 6.45) is 2.17. The zero-order chi connectivity index (χ0) is 48.9. The van der Waals surface area contributed by atoms with Gasteiger partial charge in [0.05, 0.1) is 19.6 Å². The molecule has 1 heterocycles. The first-order valence-corrected chi connectivity index (χ1v) is 22.6. The van der Waals surface area contributed by atoms with E-state index in [9.17, 15) is 63.6 Å². The van der Waals surface area contributed by atoms with Crippen LogP contribution in [0.25, 0.3) is 10.8 Å². The van der Waals surface area contributed by atoms with Crippen molar-refractivity contribution >= 4 is 64.4 Å². The molecule has 2 aromatic rings. The molecule has 10 N–H and O–H groups in total. The fourth-order valence-electron chi connectivity index (χ4n) is 8.24. The van der Waals surface area contributed by atoms with Gasteiger partial charge >= 0.3 is 35.9 Å². The van der Waals surface area contributed by atoms with Crippen LogP contribution in [0, 0.1) is 11.8 Å². The lowest BCUT2D eigenvalue weighted by molar-refractivity contribution is -0.141. The maximum Gasteiger partial charge on any atom is 0.326 e. The Morgan fingerprint density at radius 1 is 0.582 bits per heavy atom. The highest BCUT2D eigenvalue weighted by molar-refractivity contribution is 5.89. The van der Waals surface area contributed by atoms with Crippen LogP contribution in [0.3, 0.4) is 0 Å². The summed E-state index contributed by atoms with van der Waals surface area (Å²) in [6.45, 7) is 2.70. The van der Waals surface area contributed by atoms with Crippen LogP contribution in [0.1, 0.15) is 63.4 Å². The maximum absolute atomic E-state index is 13.7. The lowest BCUT2D eigenvalue weighted by Gasteiger charge is -2.30. The fourth-order valence-corrected chi connectivity index (χ4v) is 8.24. The number of benzene rings is 2. The summed E-state index contributed by atoms with van der Waals surface area (Å²) in [5.41, 5.74) is 0.821. The van der Waals surface area contributed by atoms with Crippen molar-refractivity contribution < 1.29 is 68.7 Å². The third-order valence-corrected chi connectivity index (χ3v) is 12.0. The van der Waals surface area contributed by atoms with Gasteiger partial charge in [-0.05, 0) is 73.6 Å². The fraction of sp³-hybridized carbons (Fsp3) is 0.578. The van der Waals surface area contributed by atoms with Crippen molar-refractivity contribution in [1.82, 2.24) is 41.3 Å². The van der Waals surface area contributed by atoms with Gasteiger partial charge in [-0.25, -0.2) is 14.4 Å². The van der Waals surface area contributed by atoms with Crippen molar-refractivity contribution in [3.8, 4) is 0 Å². The van der Waals surface area contributed by atoms with E-state index in [2.05, 4.69) is 26.6 Å². The Labute approximate surface area is 387 Å². The molecule has 2 fully saturated rings. The molecule has 0 bridgehead atoms. The molecule has 0 spiro atoms. The molecule has 0 radical (unpaired) electrons. The van der Waals surface area contributed by atoms with E-state index in [-0.39, 0.29) is 69.1 Å². The molecule has 2 aliphatic rings. The van der Waals surface area contributed by atoms with Crippen LogP contribution in [0.5, 0.6) is 0 Å². The van der Waals surface area contributed by atoms with E-state index in [1.807, 2.05) is 47.4 Å². The van der Waals surface area contributed by atoms with E-state index in [0.29, 0.717) is 77.9 Å². The molecular weight excluding hydrogens is 877 g/mol. The second-order valence-corrected chi connectivity index (χ2v) is 17.2. The SMILES string of the molecule is O=C(O)CC[C@H](NC(=O)N[C@@H](CCCCNC(=O)[C@H](Cc1ccc2ccccc2c1)NC(=O)C1CCC(CNC(=O)CN2CCN(CC(=O)O)CCN(CC(=O)O)CC2)CC1)C(=O)O)C(=O)O. The Morgan fingerprint density at radius 2 is 1.13 bits per heavy atom. The first-order valence-electron chi connectivity index (χ1n) is 22.6. The number of hydrogen-bond donors (Lipinski definition) is 10. The number of carboxylic acid groups (broad SMARTS) is 5. The van der Waals surface area contributed by atoms with Crippen LogP contribution < -0.4 is 26.6 Å². The standard InChI is InChI=1S/C45H64N8O14/c54-37(26-51-17-19-52(27-39(57)58)21-22-53(20-18-51)28-40(59)60)47-25-29-8-12-32(13-9-29)41(61)48-36(24-30-10-11-31-5-1-2-6-33(31)23-30)42(62)46-16-4-3-7-34(43(63)64)49-45(67)50-35(44(65)66)14-15-38(55)56/h1-2,5-6,10-11,23,29,32,34-36H,3-4,7-9,12-22,24-28H2,(H,46,62)(H,47,54)(H,48,61)(H,55,56)(H,57,58)(H,59,60)(H,63,64)(H,65,66)(H2,49,50,67)/t29?,32?,34-,35-,36-/m0/s1. The summed E-state index contributed by atoms with van der Waals surface area (Å²) in [5, 5.41) is 61.5. The van der Waals surface area contributed by atoms with Gasteiger partial charge in [-0.15, -0.1) is 0 Å². The number of nitrogens with one attached hydrogen (secondary N) is 5. The quantitative estimate of drug-likeness (QED) is 0.0596. The smallest absolute Gasteiger partial charge is 0.326 e. The van der Waals surface area contributed by atoms with Crippen LogP contribution >= 0.6 is 0 Å². The lowest BCUT2D eigenvalue weighted by Crippen LogP contribution is -2.51. The highest BCUT2D eigenvalue weighted by Crippen LogP contribution is 2.29. The number of unbranched alkanes of at least 4 members (excludes halogenated alkanes) is 1. The molecule has 1 saturated carbocycles. The van der Waals surface area contributed by atoms with E-state index >= 15 is 0 Å². The minimum Gasteiger partial charge on any atom is -0.481 e. The van der Waals surface area contributed by atoms with E-state index in [4.69, 9.17) is 5.11 Å². The van der Waals surface area contributed by atoms with Crippen LogP contribution in [-0.2, 0) is 44.8 Å². The molecule has 67 heavy (non-hydrogen) atoms. The van der Waals surface area contributed by atoms with Crippen LogP contribution in [0.4, 0.5) is 4.79 Å². The second-order valence-electron chi connectivity index (χ2n) is 17.2. The minimum absolute atomic E-state index is 0.0579. The van der Waals surface area contributed by atoms with Crippen LogP contribution in [0.15, 0.2) is 42.5 Å². The van der Waals surface area contributed by atoms with Crippen molar-refractivity contribution in [2.24, 2.45) is 11.8 Å². The summed E-state index contributed by atoms with van der Waals surface area (Å²) >= 11 is 0. The highest BCUT2D eigenvalue weighted by Gasteiger charge is 2.31. The predicted octanol–water partition coefficient (Wildman–Crippen LogP) is 0.235. The van der Waals surface area contributed by atoms with Gasteiger partial charge in [0.1, 0.15) is 18.1 Å². The molecule has 2 aromatic carbocycles. The number of carbonyl (C=O) groups excluding carboxylic acids is 4. The minimum atomic E-state index is -1.54. The van der Waals surface area contributed by atoms with Gasteiger partial charge in [-0.2, -0.15) is 0 Å². The monoisotopic (exact) mass is 940 g/mol. The van der Waals surface area contributed by atoms with Crippen molar-refractivity contribution in [2.45, 2.75) is 82.3 Å². The molecule has 3 atom stereocenters. The molecule has 0 aromatic heterocycles. The summed E-state index contributed by atoms with van der Waals surface area (Å²) < 4.78 is 0. The molecule has 1 aliphatic heterocycles. The van der Waals surface area contributed by atoms with E-state index in [0.717, 1.165) is 16.3 Å². The number of rotatable bonds is 25. The number of amides is 5. The Hall–Kier alpha value is -6.39. The number of hydrogen-bond acceptors (Lipinski definition) is 12. The van der Waals surface area contributed by atoms with Crippen LogP contribution in [-0.4, -0.2) is 184 Å². The zero-order valence-corrected chi connectivity index (χ0v) is 37.5. The van der Waals surface area contributed by atoms with Crippen molar-refractivity contribution in [3.05, 3.63) is 48.0 Å². The lowest BCUT2D eigenvalue weighted by atomic mass is 9.81. The molecular formula is C45H64N8O14. The van der Waals surface area contributed by atoms with Crippen molar-refractivity contribution in [2.75, 3.05) is 72.0 Å². The summed E-state index contributed by atoms with van der Waals surface area (Å²) in [6, 6.07) is 8.58. The first-order chi connectivity index (χ1) is 31.9. The molecule has 4 rings (SSSR count). The molecule has 22 nitrogen and oxygen atoms in total. The summed E-state index contributed by atoms with van der Waals surface area (Å²) in [4.78, 5) is 115. The second kappa shape index (κ2) is 27.3. The number of carboxylic acids is 5. The summed E-state index contributed by atoms with van der Waals surface area (Å²) in [7, 11) is 0. The normalized spacial score (nSPS) is 18.7. The Bertz CT molecular complexity index is 2020. The van der Waals surface area contributed by atoms with Gasteiger partial charge in [-0.1, -0.05) is 42.5 Å². The topological polar surface area (TPSA) is 325 Å². The van der Waals surface area contributed by atoms with Gasteiger partial charge in [0.2, 0.25) is 17.7 Å². The highest BCUT2D eigenvalue weighted by atomic mass is 16.4. The molecule has 5 amide bonds. The number of urea groups is 1. The van der Waals surface area contributed by atoms with Gasteiger partial charge in [0, 0.05) is 71.1 Å². The largest absolute Gasteiger partial charge is 0.481 e. The Balaban J connectivity index is 1.27. The number of fused-ring (bicyclic) bond motifs is 1. The molecule has 22 heteroatoms. The van der Waals surface area contributed by atoms with E-state index in [1.165, 1.54) is 0 Å². The third-order valence-electron chi connectivity index (χ3n) is 12.0. The molecule has 0 unspecified atom stereocenters. The van der Waals surface area contributed by atoms with Gasteiger partial charge in [0.25, 0.3) is 0 Å². The summed E-state index contributed by atoms with van der Waals surface area (Å²) in [5.74, 6) is -7.25. The van der Waals surface area contributed by atoms with Crippen molar-refractivity contribution in [1.29, 1.82) is 0 Å². The van der Waals surface area contributed by atoms with Gasteiger partial charge < -0.3 is 52.1 Å². The molecule has 368 valence electrons. The molecule has 1 aliphatic carbocycles. The first kappa shape index (κ1) is 53.2. The van der Waals surface area contributed by atoms with Gasteiger partial charge in [0.15, 0.2) is 0 Å². The zero-order valence-electron chi connectivity index (χ0n) is 37.5. The van der Waals surface area contributed by atoms with Crippen molar-refractivity contribution in [3.63, 3.8) is 0 Å². The average molecular weight is 941 g/mol. The molecule has 1 saturated heterocycles. The number of nitrogens with zero attached hydrogens (tertiary/aromatic N) is 3. The van der Waals surface area contributed by atoms with Crippen LogP contribution in [0.2, 0.25) is 0 Å². The van der Waals surface area contributed by atoms with E-state index in [1.54, 1.807) is 9.80 Å². The predicted molar refractivity (Wildman–Crippen MR) is 241 cm³/mol. The Morgan fingerprint density at radius 3 is 1.69 bits per heavy atom. The number of aliphatic carboxylic acids is 5. The average Bonchev–Trinajstić information content (AvgIpc) is 3.36. The van der Waals surface area contributed by atoms with Gasteiger partial charge in [-0.3, -0.25) is 43.5 Å². The Kier molecular flexibility index (Phi) is 21.7. The maximum atomic E-state index is 13.7. The van der Waals surface area contributed by atoms with E-state index < -0.39 is 72.8 Å². The third kappa shape index (κ3) is 19.5.